The van der Waals surface area contributed by atoms with E-state index in [0.29, 0.717) is 35.0 Å². The lowest BCUT2D eigenvalue weighted by atomic mass is 9.46. The van der Waals surface area contributed by atoms with Crippen molar-refractivity contribution in [3.8, 4) is 0 Å². The van der Waals surface area contributed by atoms with Gasteiger partial charge in [-0.25, -0.2) is 0 Å². The van der Waals surface area contributed by atoms with E-state index in [1.165, 1.54) is 50.1 Å². The van der Waals surface area contributed by atoms with Gasteiger partial charge in [-0.05, 0) is 86.2 Å². The molecule has 0 aromatic carbocycles. The predicted molar refractivity (Wildman–Crippen MR) is 138 cm³/mol. The Morgan fingerprint density at radius 1 is 1.24 bits per heavy atom. The second kappa shape index (κ2) is 8.61. The lowest BCUT2D eigenvalue weighted by Crippen LogP contribution is -2.57. The van der Waals surface area contributed by atoms with E-state index in [-0.39, 0.29) is 29.8 Å². The van der Waals surface area contributed by atoms with Gasteiger partial charge in [0.1, 0.15) is 6.10 Å². The highest BCUT2D eigenvalue weighted by molar-refractivity contribution is 6.71. The summed E-state index contributed by atoms with van der Waals surface area (Å²) in [7, 11) is -1.69. The molecule has 5 rings (SSSR count). The lowest BCUT2D eigenvalue weighted by molar-refractivity contribution is -0.0939. The van der Waals surface area contributed by atoms with Gasteiger partial charge in [0.15, 0.2) is 8.32 Å². The summed E-state index contributed by atoms with van der Waals surface area (Å²) in [5, 5.41) is 11.6. The first-order valence-electron chi connectivity index (χ1n) is 13.8. The molecule has 11 atom stereocenters. The summed E-state index contributed by atoms with van der Waals surface area (Å²) in [6.45, 7) is 14.3. The molecule has 188 valence electrons. The van der Waals surface area contributed by atoms with Crippen molar-refractivity contribution in [3.63, 3.8) is 0 Å². The number of unbranched alkanes of at least 4 members (excludes halogenated alkanes) is 1. The molecule has 1 aliphatic heterocycles. The van der Waals surface area contributed by atoms with Crippen LogP contribution in [0.25, 0.3) is 0 Å². The number of halogens is 1. The molecule has 33 heavy (non-hydrogen) atoms. The first kappa shape index (κ1) is 24.8. The number of hydrogen-bond donors (Lipinski definition) is 1. The van der Waals surface area contributed by atoms with Crippen molar-refractivity contribution in [3.05, 3.63) is 11.6 Å². The number of alkyl halides is 1. The van der Waals surface area contributed by atoms with Gasteiger partial charge in [-0.1, -0.05) is 52.2 Å². The average Bonchev–Trinajstić information content (AvgIpc) is 3.50. The smallest absolute Gasteiger partial charge is 0.187 e. The zero-order chi connectivity index (χ0) is 23.8. The fourth-order valence-corrected chi connectivity index (χ4v) is 11.8. The van der Waals surface area contributed by atoms with Gasteiger partial charge in [0.2, 0.25) is 0 Å². The molecule has 0 spiro atoms. The van der Waals surface area contributed by atoms with Crippen molar-refractivity contribution in [1.82, 2.24) is 0 Å². The summed E-state index contributed by atoms with van der Waals surface area (Å²) in [4.78, 5) is 0. The van der Waals surface area contributed by atoms with Crippen molar-refractivity contribution in [2.45, 2.75) is 116 Å². The minimum Gasteiger partial charge on any atom is -0.411 e. The van der Waals surface area contributed by atoms with E-state index in [2.05, 4.69) is 46.9 Å². The van der Waals surface area contributed by atoms with Gasteiger partial charge in [-0.15, -0.1) is 11.6 Å². The number of hydrogen-bond acceptors (Lipinski definition) is 3. The highest BCUT2D eigenvalue weighted by atomic mass is 35.5. The van der Waals surface area contributed by atoms with Crippen LogP contribution in [-0.2, 0) is 9.16 Å². The molecular weight excluding hydrogens is 448 g/mol. The number of epoxide rings is 1. The Hall–Kier alpha value is 0.127. The summed E-state index contributed by atoms with van der Waals surface area (Å²) in [6.07, 6.45) is 11.1. The lowest BCUT2D eigenvalue weighted by Gasteiger charge is -2.59. The summed E-state index contributed by atoms with van der Waals surface area (Å²) < 4.78 is 13.3. The summed E-state index contributed by atoms with van der Waals surface area (Å²) in [5.74, 6) is 3.49. The van der Waals surface area contributed by atoms with Crippen LogP contribution in [0.5, 0.6) is 0 Å². The molecule has 0 radical (unpaired) electrons. The number of aliphatic hydroxyl groups excluding tert-OH is 1. The third-order valence-electron chi connectivity index (χ3n) is 11.1. The van der Waals surface area contributed by atoms with Crippen LogP contribution in [0.3, 0.4) is 0 Å². The largest absolute Gasteiger partial charge is 0.411 e. The molecule has 5 unspecified atom stereocenters. The van der Waals surface area contributed by atoms with Gasteiger partial charge in [0.05, 0.1) is 18.3 Å². The van der Waals surface area contributed by atoms with Crippen molar-refractivity contribution < 1.29 is 14.3 Å². The van der Waals surface area contributed by atoms with Crippen LogP contribution in [0.1, 0.15) is 72.6 Å². The number of aliphatic hydroxyl groups is 1. The maximum absolute atomic E-state index is 11.6. The summed E-state index contributed by atoms with van der Waals surface area (Å²) in [5.41, 5.74) is 1.82. The monoisotopic (exact) mass is 494 g/mol. The van der Waals surface area contributed by atoms with Crippen LogP contribution in [0.15, 0.2) is 11.6 Å². The van der Waals surface area contributed by atoms with Crippen molar-refractivity contribution >= 4 is 19.9 Å². The number of ether oxygens (including phenoxy) is 1. The molecule has 0 bridgehead atoms. The summed E-state index contributed by atoms with van der Waals surface area (Å²) in [6, 6.07) is 1.23. The van der Waals surface area contributed by atoms with Crippen LogP contribution < -0.4 is 0 Å². The number of rotatable bonds is 7. The second-order valence-electron chi connectivity index (χ2n) is 13.4. The molecule has 5 aliphatic rings. The molecule has 0 aromatic heterocycles. The molecule has 3 saturated carbocycles. The highest BCUT2D eigenvalue weighted by Crippen LogP contribution is 2.69. The highest BCUT2D eigenvalue weighted by Gasteiger charge is 2.69. The Labute approximate surface area is 208 Å². The van der Waals surface area contributed by atoms with Gasteiger partial charge < -0.3 is 14.3 Å². The molecule has 5 heteroatoms. The molecule has 3 nitrogen and oxygen atoms in total. The fraction of sp³-hybridized carbons (Fsp3) is 0.929. The molecule has 4 aliphatic carbocycles. The molecular formula is C28H47ClO3Si. The molecule has 1 N–H and O–H groups in total. The minimum atomic E-state index is -1.69. The van der Waals surface area contributed by atoms with E-state index in [1.54, 1.807) is 0 Å². The van der Waals surface area contributed by atoms with Crippen LogP contribution in [0, 0.1) is 40.4 Å². The molecule has 4 fully saturated rings. The average molecular weight is 495 g/mol. The first-order valence-corrected chi connectivity index (χ1v) is 17.5. The third kappa shape index (κ3) is 3.84. The van der Waals surface area contributed by atoms with Gasteiger partial charge in [0, 0.05) is 11.3 Å². The Morgan fingerprint density at radius 3 is 2.70 bits per heavy atom. The Balaban J connectivity index is 1.39. The fourth-order valence-electron chi connectivity index (χ4n) is 9.27. The van der Waals surface area contributed by atoms with Crippen molar-refractivity contribution in [2.24, 2.45) is 40.4 Å². The van der Waals surface area contributed by atoms with Crippen LogP contribution in [0.2, 0.25) is 19.1 Å². The Morgan fingerprint density at radius 2 is 2.00 bits per heavy atom. The maximum Gasteiger partial charge on any atom is 0.187 e. The quantitative estimate of drug-likeness (QED) is 0.183. The predicted octanol–water partition coefficient (Wildman–Crippen LogP) is 6.79. The van der Waals surface area contributed by atoms with E-state index in [9.17, 15) is 5.11 Å². The summed E-state index contributed by atoms with van der Waals surface area (Å²) >= 11 is 6.33. The zero-order valence-electron chi connectivity index (χ0n) is 21.8. The maximum atomic E-state index is 11.6. The van der Waals surface area contributed by atoms with Gasteiger partial charge in [0.25, 0.3) is 0 Å². The number of fused-ring (bicyclic) bond motifs is 7. The minimum absolute atomic E-state index is 0.0705. The van der Waals surface area contributed by atoms with E-state index >= 15 is 0 Å². The van der Waals surface area contributed by atoms with Crippen LogP contribution in [0.4, 0.5) is 0 Å². The Kier molecular flexibility index (Phi) is 6.47. The molecule has 1 heterocycles. The SMILES string of the molecule is CCCC[Si](C)(C)OC1CC2=CC(O)[C@H]3[C@@H]4CC[C@H](C(C)CCl)[C@@]4(C)CC[C@@H]3[C@@]2(C)C2OC12. The second-order valence-corrected chi connectivity index (χ2v) is 17.9. The molecule has 0 aromatic rings. The zero-order valence-corrected chi connectivity index (χ0v) is 23.5. The van der Waals surface area contributed by atoms with Crippen LogP contribution in [-0.4, -0.2) is 43.7 Å². The van der Waals surface area contributed by atoms with Crippen LogP contribution >= 0.6 is 11.6 Å². The molecule has 0 amide bonds. The standard InChI is InChI=1S/C28H47ClO3Si/c1-7-8-13-33(5,6)32-23-15-18-14-22(30)24-20-10-9-19(17(2)16-29)27(20,3)12-11-21(24)28(18,4)26-25(23)31-26/h14,17,19-26,30H,7-13,15-16H2,1-6H3/t17?,19-,20+,21+,22?,23?,24+,25?,26?,27-,28+/m1/s1. The van der Waals surface area contributed by atoms with Gasteiger partial charge >= 0.3 is 0 Å². The Bertz CT molecular complexity index is 785. The third-order valence-corrected chi connectivity index (χ3v) is 14.1. The van der Waals surface area contributed by atoms with Gasteiger partial charge in [-0.3, -0.25) is 0 Å². The van der Waals surface area contributed by atoms with E-state index in [0.717, 1.165) is 12.3 Å². The van der Waals surface area contributed by atoms with Crippen molar-refractivity contribution in [2.75, 3.05) is 5.88 Å². The van der Waals surface area contributed by atoms with E-state index < -0.39 is 8.32 Å². The van der Waals surface area contributed by atoms with E-state index in [4.69, 9.17) is 20.8 Å². The van der Waals surface area contributed by atoms with E-state index in [1.807, 2.05) is 0 Å². The first-order chi connectivity index (χ1) is 15.6. The van der Waals surface area contributed by atoms with Crippen molar-refractivity contribution in [1.29, 1.82) is 0 Å². The topological polar surface area (TPSA) is 42.0 Å². The van der Waals surface area contributed by atoms with Gasteiger partial charge in [-0.2, -0.15) is 0 Å². The normalized spacial score (nSPS) is 49.4. The molecule has 1 saturated heterocycles.